The van der Waals surface area contributed by atoms with Gasteiger partial charge in [-0.2, -0.15) is 0 Å². The first-order valence-corrected chi connectivity index (χ1v) is 10.7. The number of non-ortho nitro benzene ring substituents is 1. The number of nitrogens with zero attached hydrogens (tertiary/aromatic N) is 5. The fourth-order valence-electron chi connectivity index (χ4n) is 2.78. The van der Waals surface area contributed by atoms with Gasteiger partial charge in [0.2, 0.25) is 16.9 Å². The van der Waals surface area contributed by atoms with E-state index in [1.165, 1.54) is 35.2 Å². The summed E-state index contributed by atoms with van der Waals surface area (Å²) in [7, 11) is 0. The Morgan fingerprint density at radius 1 is 1.31 bits per heavy atom. The number of nitrogens with one attached hydrogen (secondary N) is 1. The predicted octanol–water partition coefficient (Wildman–Crippen LogP) is 3.94. The molecule has 10 nitrogen and oxygen atoms in total. The molecule has 0 bridgehead atoms. The van der Waals surface area contributed by atoms with Crippen LogP contribution in [-0.2, 0) is 4.74 Å². The molecule has 1 aliphatic heterocycles. The molecule has 2 atom stereocenters. The molecule has 0 aliphatic carbocycles. The molecule has 1 aromatic carbocycles. The number of aromatic nitrogens is 4. The predicted molar refractivity (Wildman–Crippen MR) is 108 cm³/mol. The summed E-state index contributed by atoms with van der Waals surface area (Å²) in [6.45, 7) is 3.50. The van der Waals surface area contributed by atoms with Gasteiger partial charge in [-0.1, -0.05) is 23.1 Å². The van der Waals surface area contributed by atoms with Crippen LogP contribution in [0.1, 0.15) is 30.9 Å². The first kappa shape index (κ1) is 19.7. The van der Waals surface area contributed by atoms with E-state index in [4.69, 9.17) is 9.15 Å². The Morgan fingerprint density at radius 3 is 2.86 bits per heavy atom. The van der Waals surface area contributed by atoms with Gasteiger partial charge in [-0.05, 0) is 31.9 Å². The molecule has 1 aliphatic rings. The molecule has 0 radical (unpaired) electrons. The molecule has 2 aromatic heterocycles. The van der Waals surface area contributed by atoms with Crippen LogP contribution >= 0.6 is 23.1 Å². The number of hydrogen-bond acceptors (Lipinski definition) is 11. The highest BCUT2D eigenvalue weighted by molar-refractivity contribution is 8.01. The zero-order valence-corrected chi connectivity index (χ0v) is 17.1. The summed E-state index contributed by atoms with van der Waals surface area (Å²) >= 11 is 2.95. The summed E-state index contributed by atoms with van der Waals surface area (Å²) in [5.74, 6) is 0.769. The second-order valence-corrected chi connectivity index (χ2v) is 8.96. The molecule has 29 heavy (non-hydrogen) atoms. The molecule has 1 saturated heterocycles. The summed E-state index contributed by atoms with van der Waals surface area (Å²) in [6, 6.07) is 5.99. The van der Waals surface area contributed by atoms with E-state index >= 15 is 0 Å². The zero-order chi connectivity index (χ0) is 20.2. The average Bonchev–Trinajstić information content (AvgIpc) is 3.48. The number of nitro benzene ring substituents is 1. The number of rotatable bonds is 8. The standard InChI is InChI=1S/C17H18N6O4S2/c1-10(28-17-22-21-16(29-17)18-9-13-3-2-8-26-13)14-19-20-15(27-14)11-4-6-12(7-5-11)23(24)25/h4-7,10,13H,2-3,8-9H2,1H3,(H,18,21). The van der Waals surface area contributed by atoms with Crippen LogP contribution in [0.3, 0.4) is 0 Å². The fourth-order valence-corrected chi connectivity index (χ4v) is 4.71. The lowest BCUT2D eigenvalue weighted by molar-refractivity contribution is -0.384. The van der Waals surface area contributed by atoms with E-state index in [-0.39, 0.29) is 17.0 Å². The van der Waals surface area contributed by atoms with E-state index in [9.17, 15) is 10.1 Å². The normalized spacial score (nSPS) is 17.3. The second kappa shape index (κ2) is 8.84. The maximum absolute atomic E-state index is 10.8. The monoisotopic (exact) mass is 434 g/mol. The van der Waals surface area contributed by atoms with E-state index < -0.39 is 4.92 Å². The van der Waals surface area contributed by atoms with Crippen molar-refractivity contribution in [2.75, 3.05) is 18.5 Å². The highest BCUT2D eigenvalue weighted by Crippen LogP contribution is 2.37. The molecule has 0 spiro atoms. The first-order chi connectivity index (χ1) is 14.1. The number of ether oxygens (including phenoxy) is 1. The van der Waals surface area contributed by atoms with Crippen molar-refractivity contribution in [1.82, 2.24) is 20.4 Å². The first-order valence-electron chi connectivity index (χ1n) is 9.02. The second-order valence-electron chi connectivity index (χ2n) is 6.40. The number of nitro groups is 1. The zero-order valence-electron chi connectivity index (χ0n) is 15.5. The van der Waals surface area contributed by atoms with Crippen molar-refractivity contribution >= 4 is 33.9 Å². The van der Waals surface area contributed by atoms with Crippen LogP contribution in [0.15, 0.2) is 33.0 Å². The number of anilines is 1. The number of benzene rings is 1. The van der Waals surface area contributed by atoms with Crippen molar-refractivity contribution in [3.63, 3.8) is 0 Å². The summed E-state index contributed by atoms with van der Waals surface area (Å²) in [4.78, 5) is 10.3. The molecular weight excluding hydrogens is 416 g/mol. The molecule has 2 unspecified atom stereocenters. The van der Waals surface area contributed by atoms with Gasteiger partial charge in [0.05, 0.1) is 16.3 Å². The van der Waals surface area contributed by atoms with Gasteiger partial charge in [-0.15, -0.1) is 20.4 Å². The van der Waals surface area contributed by atoms with Crippen LogP contribution in [0.25, 0.3) is 11.5 Å². The van der Waals surface area contributed by atoms with Crippen molar-refractivity contribution < 1.29 is 14.1 Å². The summed E-state index contributed by atoms with van der Waals surface area (Å²) in [5.41, 5.74) is 0.640. The lowest BCUT2D eigenvalue weighted by Crippen LogP contribution is -2.18. The Bertz CT molecular complexity index is 970. The molecule has 4 rings (SSSR count). The minimum absolute atomic E-state index is 0.0117. The highest BCUT2D eigenvalue weighted by Gasteiger charge is 2.20. The van der Waals surface area contributed by atoms with E-state index in [2.05, 4.69) is 25.7 Å². The van der Waals surface area contributed by atoms with E-state index in [0.29, 0.717) is 17.3 Å². The molecule has 0 saturated carbocycles. The molecule has 3 aromatic rings. The van der Waals surface area contributed by atoms with Crippen molar-refractivity contribution in [3.05, 3.63) is 40.3 Å². The van der Waals surface area contributed by atoms with Crippen LogP contribution in [0.4, 0.5) is 10.8 Å². The third-order valence-electron chi connectivity index (χ3n) is 4.30. The van der Waals surface area contributed by atoms with Crippen molar-refractivity contribution in [3.8, 4) is 11.5 Å². The van der Waals surface area contributed by atoms with E-state index in [0.717, 1.165) is 35.5 Å². The molecule has 152 valence electrons. The minimum atomic E-state index is -0.451. The summed E-state index contributed by atoms with van der Waals surface area (Å²) in [6.07, 6.45) is 2.41. The van der Waals surface area contributed by atoms with Gasteiger partial charge in [0.1, 0.15) is 0 Å². The maximum atomic E-state index is 10.8. The van der Waals surface area contributed by atoms with Crippen LogP contribution < -0.4 is 5.32 Å². The molecule has 3 heterocycles. The van der Waals surface area contributed by atoms with Crippen LogP contribution in [0.2, 0.25) is 0 Å². The van der Waals surface area contributed by atoms with Gasteiger partial charge in [-0.25, -0.2) is 0 Å². The van der Waals surface area contributed by atoms with Crippen molar-refractivity contribution in [1.29, 1.82) is 0 Å². The summed E-state index contributed by atoms with van der Waals surface area (Å²) < 4.78 is 12.1. The van der Waals surface area contributed by atoms with Gasteiger partial charge >= 0.3 is 0 Å². The van der Waals surface area contributed by atoms with E-state index in [1.54, 1.807) is 12.1 Å². The van der Waals surface area contributed by atoms with Gasteiger partial charge in [0, 0.05) is 30.8 Å². The molecule has 12 heteroatoms. The molecule has 1 fully saturated rings. The molecule has 1 N–H and O–H groups in total. The van der Waals surface area contributed by atoms with Crippen LogP contribution in [0.5, 0.6) is 0 Å². The lowest BCUT2D eigenvalue weighted by atomic mass is 10.2. The minimum Gasteiger partial charge on any atom is -0.419 e. The lowest BCUT2D eigenvalue weighted by Gasteiger charge is -2.08. The van der Waals surface area contributed by atoms with Gasteiger partial charge in [0.25, 0.3) is 5.69 Å². The van der Waals surface area contributed by atoms with Gasteiger partial charge in [0.15, 0.2) is 4.34 Å². The Balaban J connectivity index is 1.35. The number of thioether (sulfide) groups is 1. The van der Waals surface area contributed by atoms with Crippen LogP contribution in [-0.4, -0.2) is 44.6 Å². The highest BCUT2D eigenvalue weighted by atomic mass is 32.2. The topological polar surface area (TPSA) is 129 Å². The largest absolute Gasteiger partial charge is 0.419 e. The van der Waals surface area contributed by atoms with Crippen LogP contribution in [0, 0.1) is 10.1 Å². The van der Waals surface area contributed by atoms with Crippen molar-refractivity contribution in [2.45, 2.75) is 35.5 Å². The third-order valence-corrected chi connectivity index (χ3v) is 6.36. The Morgan fingerprint density at radius 2 is 2.14 bits per heavy atom. The Kier molecular flexibility index (Phi) is 6.02. The SMILES string of the molecule is CC(Sc1nnc(NCC2CCCO2)s1)c1nnc(-c2ccc([N+](=O)[O-])cc2)o1. The smallest absolute Gasteiger partial charge is 0.269 e. The molecular formula is C17H18N6O4S2. The van der Waals surface area contributed by atoms with Gasteiger partial charge < -0.3 is 14.5 Å². The Hall–Kier alpha value is -2.57. The third kappa shape index (κ3) is 4.89. The van der Waals surface area contributed by atoms with E-state index in [1.807, 2.05) is 6.92 Å². The Labute approximate surface area is 174 Å². The van der Waals surface area contributed by atoms with Crippen molar-refractivity contribution in [2.24, 2.45) is 0 Å². The average molecular weight is 435 g/mol. The summed E-state index contributed by atoms with van der Waals surface area (Å²) in [5, 5.41) is 31.1. The van der Waals surface area contributed by atoms with Gasteiger partial charge in [-0.3, -0.25) is 10.1 Å². The fraction of sp³-hybridized carbons (Fsp3) is 0.412. The maximum Gasteiger partial charge on any atom is 0.269 e. The molecule has 0 amide bonds. The number of hydrogen-bond donors (Lipinski definition) is 1. The quantitative estimate of drug-likeness (QED) is 0.316.